The van der Waals surface area contributed by atoms with Gasteiger partial charge in [-0.1, -0.05) is 23.7 Å². The third kappa shape index (κ3) is 3.84. The lowest BCUT2D eigenvalue weighted by atomic mass is 10.1. The van der Waals surface area contributed by atoms with E-state index in [1.54, 1.807) is 12.1 Å². The Hall–Kier alpha value is -1.27. The number of carbonyl (C=O) groups excluding carboxylic acids is 1. The van der Waals surface area contributed by atoms with Crippen LogP contribution < -0.4 is 11.1 Å². The maximum atomic E-state index is 11.0. The summed E-state index contributed by atoms with van der Waals surface area (Å²) in [6.07, 6.45) is 0. The van der Waals surface area contributed by atoms with Crippen molar-refractivity contribution in [1.82, 2.24) is 0 Å². The highest BCUT2D eigenvalue weighted by molar-refractivity contribution is 14.1. The molecule has 0 aliphatic carbocycles. The van der Waals surface area contributed by atoms with Crippen LogP contribution >= 0.6 is 34.2 Å². The fourth-order valence-corrected chi connectivity index (χ4v) is 2.54. The van der Waals surface area contributed by atoms with Gasteiger partial charge in [-0.15, -0.1) is 0 Å². The van der Waals surface area contributed by atoms with Gasteiger partial charge in [0.1, 0.15) is 0 Å². The van der Waals surface area contributed by atoms with Gasteiger partial charge in [-0.3, -0.25) is 4.79 Å². The van der Waals surface area contributed by atoms with Crippen LogP contribution in [0.3, 0.4) is 0 Å². The van der Waals surface area contributed by atoms with Crippen LogP contribution in [0, 0.1) is 3.57 Å². The molecule has 2 rings (SSSR count). The number of primary amides is 1. The van der Waals surface area contributed by atoms with Crippen molar-refractivity contribution in [2.45, 2.75) is 6.54 Å². The normalized spacial score (nSPS) is 10.2. The van der Waals surface area contributed by atoms with Crippen molar-refractivity contribution in [3.8, 4) is 0 Å². The molecule has 98 valence electrons. The van der Waals surface area contributed by atoms with Gasteiger partial charge in [0.25, 0.3) is 0 Å². The van der Waals surface area contributed by atoms with Gasteiger partial charge in [0.2, 0.25) is 5.91 Å². The van der Waals surface area contributed by atoms with Gasteiger partial charge >= 0.3 is 0 Å². The molecule has 0 unspecified atom stereocenters. The summed E-state index contributed by atoms with van der Waals surface area (Å²) < 4.78 is 1.10. The molecule has 19 heavy (non-hydrogen) atoms. The predicted octanol–water partition coefficient (Wildman–Crippen LogP) is 3.66. The van der Waals surface area contributed by atoms with E-state index in [4.69, 9.17) is 17.3 Å². The van der Waals surface area contributed by atoms with Gasteiger partial charge in [-0.2, -0.15) is 0 Å². The molecule has 0 spiro atoms. The molecule has 3 N–H and O–H groups in total. The third-order valence-corrected chi connectivity index (χ3v) is 3.64. The fourth-order valence-electron chi connectivity index (χ4n) is 1.62. The average Bonchev–Trinajstić information content (AvgIpc) is 2.38. The standard InChI is InChI=1S/C14H12ClIN2O/c15-12-7-11(16)5-6-13(12)18-8-9-1-3-10(4-2-9)14(17)19/h1-7,18H,8H2,(H2,17,19). The van der Waals surface area contributed by atoms with Crippen molar-refractivity contribution >= 4 is 45.8 Å². The number of benzene rings is 2. The highest BCUT2D eigenvalue weighted by Crippen LogP contribution is 2.24. The fraction of sp³-hybridized carbons (Fsp3) is 0.0714. The molecule has 2 aromatic carbocycles. The average molecular weight is 387 g/mol. The molecule has 0 saturated heterocycles. The lowest BCUT2D eigenvalue weighted by molar-refractivity contribution is 0.100. The molecule has 0 aliphatic rings. The van der Waals surface area contributed by atoms with E-state index in [1.165, 1.54) is 0 Å². The molecule has 0 bridgehead atoms. The van der Waals surface area contributed by atoms with Gasteiger partial charge in [0, 0.05) is 15.7 Å². The summed E-state index contributed by atoms with van der Waals surface area (Å²) in [5.41, 5.74) is 7.65. The summed E-state index contributed by atoms with van der Waals surface area (Å²) in [7, 11) is 0. The van der Waals surface area contributed by atoms with E-state index in [1.807, 2.05) is 30.3 Å². The monoisotopic (exact) mass is 386 g/mol. The van der Waals surface area contributed by atoms with Crippen molar-refractivity contribution in [2.24, 2.45) is 5.73 Å². The zero-order valence-electron chi connectivity index (χ0n) is 9.99. The van der Waals surface area contributed by atoms with Crippen molar-refractivity contribution < 1.29 is 4.79 Å². The van der Waals surface area contributed by atoms with Crippen molar-refractivity contribution in [3.05, 3.63) is 62.2 Å². The first-order chi connectivity index (χ1) is 9.06. The number of nitrogens with one attached hydrogen (secondary N) is 1. The maximum absolute atomic E-state index is 11.0. The van der Waals surface area contributed by atoms with E-state index < -0.39 is 5.91 Å². The van der Waals surface area contributed by atoms with Gasteiger partial charge in [-0.05, 0) is 58.5 Å². The summed E-state index contributed by atoms with van der Waals surface area (Å²) in [5.74, 6) is -0.416. The summed E-state index contributed by atoms with van der Waals surface area (Å²) >= 11 is 8.35. The number of anilines is 1. The minimum absolute atomic E-state index is 0.416. The quantitative estimate of drug-likeness (QED) is 0.788. The van der Waals surface area contributed by atoms with Crippen LogP contribution in [-0.2, 0) is 6.54 Å². The van der Waals surface area contributed by atoms with E-state index in [0.717, 1.165) is 14.8 Å². The summed E-state index contributed by atoms with van der Waals surface area (Å²) in [6, 6.07) is 13.0. The van der Waals surface area contributed by atoms with Gasteiger partial charge in [0.05, 0.1) is 10.7 Å². The molecule has 1 amide bonds. The Morgan fingerprint density at radius 3 is 2.47 bits per heavy atom. The maximum Gasteiger partial charge on any atom is 0.248 e. The molecule has 0 heterocycles. The largest absolute Gasteiger partial charge is 0.380 e. The van der Waals surface area contributed by atoms with Crippen LogP contribution in [0.4, 0.5) is 5.69 Å². The Morgan fingerprint density at radius 1 is 1.21 bits per heavy atom. The molecule has 5 heteroatoms. The first kappa shape index (κ1) is 14.1. The molecule has 2 aromatic rings. The van der Waals surface area contributed by atoms with Crippen LogP contribution in [0.1, 0.15) is 15.9 Å². The Morgan fingerprint density at radius 2 is 1.89 bits per heavy atom. The molecule has 0 fully saturated rings. The van der Waals surface area contributed by atoms with E-state index in [2.05, 4.69) is 27.9 Å². The molecule has 0 aliphatic heterocycles. The number of carbonyl (C=O) groups is 1. The number of hydrogen-bond acceptors (Lipinski definition) is 2. The predicted molar refractivity (Wildman–Crippen MR) is 86.5 cm³/mol. The molecule has 0 atom stereocenters. The molecule has 0 radical (unpaired) electrons. The molecular formula is C14H12ClIN2O. The number of hydrogen-bond donors (Lipinski definition) is 2. The van der Waals surface area contributed by atoms with Crippen molar-refractivity contribution in [2.75, 3.05) is 5.32 Å². The summed E-state index contributed by atoms with van der Waals surface area (Å²) in [5, 5.41) is 3.95. The molecule has 0 aromatic heterocycles. The Kier molecular flexibility index (Phi) is 4.66. The van der Waals surface area contributed by atoms with Crippen LogP contribution in [0.5, 0.6) is 0 Å². The topological polar surface area (TPSA) is 55.1 Å². The Bertz CT molecular complexity index is 599. The highest BCUT2D eigenvalue weighted by atomic mass is 127. The molecule has 0 saturated carbocycles. The van der Waals surface area contributed by atoms with Crippen LogP contribution in [0.2, 0.25) is 5.02 Å². The number of nitrogens with two attached hydrogens (primary N) is 1. The number of amides is 1. The smallest absolute Gasteiger partial charge is 0.248 e. The summed E-state index contributed by atoms with van der Waals surface area (Å²) in [4.78, 5) is 11.0. The first-order valence-electron chi connectivity index (χ1n) is 5.64. The van der Waals surface area contributed by atoms with Gasteiger partial charge in [-0.25, -0.2) is 0 Å². The second-order valence-corrected chi connectivity index (χ2v) is 5.69. The third-order valence-electron chi connectivity index (χ3n) is 2.65. The Balaban J connectivity index is 2.04. The van der Waals surface area contributed by atoms with Gasteiger partial charge < -0.3 is 11.1 Å². The van der Waals surface area contributed by atoms with E-state index in [-0.39, 0.29) is 0 Å². The minimum atomic E-state index is -0.416. The molecular weight excluding hydrogens is 375 g/mol. The number of halogens is 2. The van der Waals surface area contributed by atoms with Crippen LogP contribution in [0.25, 0.3) is 0 Å². The number of rotatable bonds is 4. The SMILES string of the molecule is NC(=O)c1ccc(CNc2ccc(I)cc2Cl)cc1. The highest BCUT2D eigenvalue weighted by Gasteiger charge is 2.02. The van der Waals surface area contributed by atoms with E-state index in [0.29, 0.717) is 17.1 Å². The second-order valence-electron chi connectivity index (χ2n) is 4.04. The lowest BCUT2D eigenvalue weighted by Gasteiger charge is -2.09. The summed E-state index contributed by atoms with van der Waals surface area (Å²) in [6.45, 7) is 0.638. The first-order valence-corrected chi connectivity index (χ1v) is 7.09. The zero-order valence-corrected chi connectivity index (χ0v) is 12.9. The van der Waals surface area contributed by atoms with Crippen LogP contribution in [-0.4, -0.2) is 5.91 Å². The zero-order chi connectivity index (χ0) is 13.8. The van der Waals surface area contributed by atoms with Gasteiger partial charge in [0.15, 0.2) is 0 Å². The second kappa shape index (κ2) is 6.25. The van der Waals surface area contributed by atoms with Crippen molar-refractivity contribution in [3.63, 3.8) is 0 Å². The minimum Gasteiger partial charge on any atom is -0.380 e. The van der Waals surface area contributed by atoms with E-state index >= 15 is 0 Å². The van der Waals surface area contributed by atoms with E-state index in [9.17, 15) is 4.79 Å². The lowest BCUT2D eigenvalue weighted by Crippen LogP contribution is -2.10. The Labute approximate surface area is 130 Å². The van der Waals surface area contributed by atoms with Crippen molar-refractivity contribution in [1.29, 1.82) is 0 Å². The molecule has 3 nitrogen and oxygen atoms in total. The van der Waals surface area contributed by atoms with Crippen LogP contribution in [0.15, 0.2) is 42.5 Å².